The Balaban J connectivity index is 1.89. The van der Waals surface area contributed by atoms with Crippen molar-refractivity contribution in [3.63, 3.8) is 0 Å². The first kappa shape index (κ1) is 20.1. The van der Waals surface area contributed by atoms with Gasteiger partial charge in [0.1, 0.15) is 10.6 Å². The minimum atomic E-state index is -0.998. The molecule has 0 aliphatic carbocycles. The van der Waals surface area contributed by atoms with E-state index < -0.39 is 5.97 Å². The van der Waals surface area contributed by atoms with Crippen LogP contribution in [0, 0.1) is 6.92 Å². The number of rotatable bonds is 5. The van der Waals surface area contributed by atoms with Gasteiger partial charge in [-0.3, -0.25) is 0 Å². The number of aryl methyl sites for hydroxylation is 1. The number of hydrogen-bond donors (Lipinski definition) is 1. The Bertz CT molecular complexity index is 978. The quantitative estimate of drug-likeness (QED) is 0.443. The molecule has 2 aromatic carbocycles. The molecule has 1 aromatic heterocycles. The lowest BCUT2D eigenvalue weighted by Crippen LogP contribution is -2.10. The number of aromatic carboxylic acids is 1. The van der Waals surface area contributed by atoms with Crippen LogP contribution in [0.3, 0.4) is 0 Å². The van der Waals surface area contributed by atoms with Crippen molar-refractivity contribution in [3.05, 3.63) is 77.0 Å². The molecule has 5 heteroatoms. The molecule has 1 heterocycles. The van der Waals surface area contributed by atoms with E-state index in [4.69, 9.17) is 0 Å². The minimum Gasteiger partial charge on any atom is -0.478 e. The molecule has 0 aliphatic heterocycles. The Morgan fingerprint density at radius 1 is 1.00 bits per heavy atom. The highest BCUT2D eigenvalue weighted by Crippen LogP contribution is 2.30. The highest BCUT2D eigenvalue weighted by atomic mass is 32.2. The van der Waals surface area contributed by atoms with E-state index in [1.54, 1.807) is 6.92 Å². The fourth-order valence-corrected chi connectivity index (χ4v) is 3.89. The van der Waals surface area contributed by atoms with Crippen LogP contribution in [0.15, 0.2) is 59.6 Å². The molecule has 0 radical (unpaired) electrons. The Kier molecular flexibility index (Phi) is 5.84. The minimum absolute atomic E-state index is 0.108. The third-order valence-electron chi connectivity index (χ3n) is 4.50. The molecule has 4 nitrogen and oxygen atoms in total. The highest BCUT2D eigenvalue weighted by molar-refractivity contribution is 7.98. The Hall–Kier alpha value is -2.66. The SMILES string of the molecule is Cc1nc(-c2ccccc2)nc(SCc2ccc(C(C)(C)C)cc2)c1C(=O)O. The maximum Gasteiger partial charge on any atom is 0.340 e. The second kappa shape index (κ2) is 8.15. The van der Waals surface area contributed by atoms with Crippen molar-refractivity contribution in [2.24, 2.45) is 0 Å². The molecule has 0 unspecified atom stereocenters. The summed E-state index contributed by atoms with van der Waals surface area (Å²) in [5, 5.41) is 10.1. The van der Waals surface area contributed by atoms with Crippen molar-refractivity contribution in [2.75, 3.05) is 0 Å². The molecule has 0 saturated heterocycles. The van der Waals surface area contributed by atoms with Gasteiger partial charge in [0.25, 0.3) is 0 Å². The number of carboxylic acid groups (broad SMARTS) is 1. The normalized spacial score (nSPS) is 11.4. The number of thioether (sulfide) groups is 1. The number of carbonyl (C=O) groups is 1. The van der Waals surface area contributed by atoms with Crippen molar-refractivity contribution in [3.8, 4) is 11.4 Å². The summed E-state index contributed by atoms with van der Waals surface area (Å²) in [4.78, 5) is 20.7. The van der Waals surface area contributed by atoms with Crippen LogP contribution in [0.5, 0.6) is 0 Å². The van der Waals surface area contributed by atoms with Crippen molar-refractivity contribution in [1.82, 2.24) is 9.97 Å². The van der Waals surface area contributed by atoms with Gasteiger partial charge in [-0.1, -0.05) is 75.4 Å². The zero-order valence-electron chi connectivity index (χ0n) is 16.6. The summed E-state index contributed by atoms with van der Waals surface area (Å²) in [5.74, 6) is 0.200. The molecule has 0 atom stereocenters. The van der Waals surface area contributed by atoms with E-state index in [0.717, 1.165) is 11.1 Å². The second-order valence-electron chi connectivity index (χ2n) is 7.72. The second-order valence-corrected chi connectivity index (χ2v) is 8.68. The molecule has 1 N–H and O–H groups in total. The fraction of sp³-hybridized carbons (Fsp3) is 0.261. The van der Waals surface area contributed by atoms with Crippen molar-refractivity contribution >= 4 is 17.7 Å². The first-order valence-corrected chi connectivity index (χ1v) is 10.1. The predicted octanol–water partition coefficient (Wildman–Crippen LogP) is 5.74. The molecule has 3 rings (SSSR count). The van der Waals surface area contributed by atoms with E-state index in [-0.39, 0.29) is 11.0 Å². The predicted molar refractivity (Wildman–Crippen MR) is 114 cm³/mol. The molecule has 28 heavy (non-hydrogen) atoms. The molecule has 144 valence electrons. The van der Waals surface area contributed by atoms with E-state index in [0.29, 0.717) is 22.3 Å². The molecule has 0 fully saturated rings. The molecule has 3 aromatic rings. The molecule has 0 aliphatic rings. The summed E-state index contributed by atoms with van der Waals surface area (Å²) >= 11 is 1.43. The van der Waals surface area contributed by atoms with E-state index >= 15 is 0 Å². The van der Waals surface area contributed by atoms with Crippen LogP contribution in [0.4, 0.5) is 0 Å². The van der Waals surface area contributed by atoms with Gasteiger partial charge in [-0.15, -0.1) is 11.8 Å². The Morgan fingerprint density at radius 2 is 1.64 bits per heavy atom. The lowest BCUT2D eigenvalue weighted by Gasteiger charge is -2.19. The number of carboxylic acids is 1. The summed E-state index contributed by atoms with van der Waals surface area (Å²) in [7, 11) is 0. The zero-order valence-corrected chi connectivity index (χ0v) is 17.4. The number of aromatic nitrogens is 2. The number of benzene rings is 2. The number of nitrogens with zero attached hydrogens (tertiary/aromatic N) is 2. The molecule has 0 spiro atoms. The lowest BCUT2D eigenvalue weighted by molar-refractivity contribution is 0.0690. The average molecular weight is 393 g/mol. The maximum atomic E-state index is 11.8. The topological polar surface area (TPSA) is 63.1 Å². The first-order valence-electron chi connectivity index (χ1n) is 9.15. The van der Waals surface area contributed by atoms with Gasteiger partial charge in [-0.25, -0.2) is 14.8 Å². The van der Waals surface area contributed by atoms with Crippen LogP contribution in [0.25, 0.3) is 11.4 Å². The summed E-state index contributed by atoms with van der Waals surface area (Å²) < 4.78 is 0. The van der Waals surface area contributed by atoms with Gasteiger partial charge < -0.3 is 5.11 Å². The highest BCUT2D eigenvalue weighted by Gasteiger charge is 2.19. The Morgan fingerprint density at radius 3 is 2.21 bits per heavy atom. The van der Waals surface area contributed by atoms with Gasteiger partial charge in [-0.05, 0) is 23.5 Å². The molecule has 0 amide bonds. The number of hydrogen-bond acceptors (Lipinski definition) is 4. The third kappa shape index (κ3) is 4.60. The third-order valence-corrected chi connectivity index (χ3v) is 5.54. The summed E-state index contributed by atoms with van der Waals surface area (Å²) in [6.45, 7) is 8.28. The average Bonchev–Trinajstić information content (AvgIpc) is 2.66. The van der Waals surface area contributed by atoms with Crippen LogP contribution in [0.2, 0.25) is 0 Å². The monoisotopic (exact) mass is 392 g/mol. The molecular formula is C23H24N2O2S. The summed E-state index contributed by atoms with van der Waals surface area (Å²) in [6.07, 6.45) is 0. The zero-order chi connectivity index (χ0) is 20.3. The first-order chi connectivity index (χ1) is 13.3. The molecule has 0 saturated carbocycles. The van der Waals surface area contributed by atoms with Crippen LogP contribution in [-0.4, -0.2) is 21.0 Å². The van der Waals surface area contributed by atoms with Crippen LogP contribution < -0.4 is 0 Å². The Labute approximate surface area is 170 Å². The van der Waals surface area contributed by atoms with Gasteiger partial charge in [0, 0.05) is 11.3 Å². The van der Waals surface area contributed by atoms with Crippen molar-refractivity contribution < 1.29 is 9.90 Å². The van der Waals surface area contributed by atoms with E-state index in [1.165, 1.54) is 17.3 Å². The smallest absolute Gasteiger partial charge is 0.340 e. The summed E-state index contributed by atoms with van der Waals surface area (Å²) in [5.41, 5.74) is 4.04. The molecule has 0 bridgehead atoms. The largest absolute Gasteiger partial charge is 0.478 e. The van der Waals surface area contributed by atoms with Crippen molar-refractivity contribution in [1.29, 1.82) is 0 Å². The van der Waals surface area contributed by atoms with Crippen LogP contribution in [-0.2, 0) is 11.2 Å². The lowest BCUT2D eigenvalue weighted by atomic mass is 9.87. The van der Waals surface area contributed by atoms with E-state index in [2.05, 4.69) is 55.0 Å². The fourth-order valence-electron chi connectivity index (χ4n) is 2.87. The maximum absolute atomic E-state index is 11.8. The van der Waals surface area contributed by atoms with E-state index in [1.807, 2.05) is 30.3 Å². The van der Waals surface area contributed by atoms with Crippen molar-refractivity contribution in [2.45, 2.75) is 43.9 Å². The van der Waals surface area contributed by atoms with E-state index in [9.17, 15) is 9.90 Å². The van der Waals surface area contributed by atoms with Crippen LogP contribution in [0.1, 0.15) is 48.0 Å². The van der Waals surface area contributed by atoms with Gasteiger partial charge >= 0.3 is 5.97 Å². The van der Waals surface area contributed by atoms with Gasteiger partial charge in [0.15, 0.2) is 5.82 Å². The summed E-state index contributed by atoms with van der Waals surface area (Å²) in [6, 6.07) is 18.1. The molecular weight excluding hydrogens is 368 g/mol. The van der Waals surface area contributed by atoms with Gasteiger partial charge in [0.2, 0.25) is 0 Å². The van der Waals surface area contributed by atoms with Gasteiger partial charge in [0.05, 0.1) is 5.69 Å². The van der Waals surface area contributed by atoms with Gasteiger partial charge in [-0.2, -0.15) is 0 Å². The standard InChI is InChI=1S/C23H24N2O2S/c1-15-19(22(26)27)21(25-20(24-15)17-8-6-5-7-9-17)28-14-16-10-12-18(13-11-16)23(2,3)4/h5-13H,14H2,1-4H3,(H,26,27). The van der Waals surface area contributed by atoms with Crippen LogP contribution >= 0.6 is 11.8 Å².